The van der Waals surface area contributed by atoms with Crippen molar-refractivity contribution in [2.24, 2.45) is 0 Å². The molecule has 6 nitrogen and oxygen atoms in total. The van der Waals surface area contributed by atoms with Crippen molar-refractivity contribution in [2.45, 2.75) is 6.92 Å². The molecule has 1 aliphatic heterocycles. The number of methoxy groups -OCH3 is 1. The van der Waals surface area contributed by atoms with Crippen molar-refractivity contribution in [2.75, 3.05) is 26.1 Å². The maximum atomic E-state index is 12.6. The van der Waals surface area contributed by atoms with Crippen LogP contribution >= 0.6 is 0 Å². The second-order valence-electron chi connectivity index (χ2n) is 5.73. The Labute approximate surface area is 152 Å². The number of anilines is 1. The number of nitrogens with zero attached hydrogens (tertiary/aromatic N) is 1. The zero-order chi connectivity index (χ0) is 18.7. The van der Waals surface area contributed by atoms with Gasteiger partial charge in [0.05, 0.1) is 19.3 Å². The van der Waals surface area contributed by atoms with Gasteiger partial charge in [0.15, 0.2) is 0 Å². The summed E-state index contributed by atoms with van der Waals surface area (Å²) in [6.07, 6.45) is 0. The summed E-state index contributed by atoms with van der Waals surface area (Å²) < 4.78 is 10.6. The molecule has 3 rings (SSSR count). The van der Waals surface area contributed by atoms with E-state index in [1.54, 1.807) is 49.6 Å². The number of rotatable bonds is 6. The van der Waals surface area contributed by atoms with Gasteiger partial charge in [-0.15, -0.1) is 0 Å². The number of hydrogen-bond donors (Lipinski definition) is 1. The summed E-state index contributed by atoms with van der Waals surface area (Å²) in [6, 6.07) is 14.3. The highest BCUT2D eigenvalue weighted by Gasteiger charge is 2.36. The third-order valence-corrected chi connectivity index (χ3v) is 4.08. The lowest BCUT2D eigenvalue weighted by Crippen LogP contribution is -2.27. The topological polar surface area (TPSA) is 67.9 Å². The molecule has 0 saturated carbocycles. The number of imide groups is 1. The fraction of sp³-hybridized carbons (Fsp3) is 0.200. The molecule has 0 aliphatic carbocycles. The van der Waals surface area contributed by atoms with Gasteiger partial charge in [-0.05, 0) is 36.8 Å². The SMILES string of the molecule is CCOc1ccc(C2=C(Nc3cccc(OC)c3)C(=O)N(C)C2=O)cc1. The van der Waals surface area contributed by atoms with Gasteiger partial charge in [0.25, 0.3) is 11.8 Å². The summed E-state index contributed by atoms with van der Waals surface area (Å²) in [5.74, 6) is 0.652. The molecule has 26 heavy (non-hydrogen) atoms. The quantitative estimate of drug-likeness (QED) is 0.810. The molecule has 6 heteroatoms. The van der Waals surface area contributed by atoms with Crippen molar-refractivity contribution in [3.05, 3.63) is 59.8 Å². The molecule has 1 heterocycles. The molecule has 2 aromatic carbocycles. The van der Waals surface area contributed by atoms with Crippen molar-refractivity contribution in [1.29, 1.82) is 0 Å². The molecule has 0 bridgehead atoms. The molecule has 0 spiro atoms. The lowest BCUT2D eigenvalue weighted by molar-refractivity contribution is -0.135. The van der Waals surface area contributed by atoms with E-state index < -0.39 is 0 Å². The van der Waals surface area contributed by atoms with Crippen LogP contribution in [-0.2, 0) is 9.59 Å². The first-order valence-electron chi connectivity index (χ1n) is 8.26. The number of likely N-dealkylation sites (N-methyl/N-ethyl adjacent to an activating group) is 1. The van der Waals surface area contributed by atoms with Crippen LogP contribution in [0.3, 0.4) is 0 Å². The number of ether oxygens (including phenoxy) is 2. The van der Waals surface area contributed by atoms with Gasteiger partial charge in [-0.1, -0.05) is 18.2 Å². The van der Waals surface area contributed by atoms with E-state index in [-0.39, 0.29) is 17.5 Å². The first-order valence-corrected chi connectivity index (χ1v) is 8.26. The Balaban J connectivity index is 2.01. The Bertz CT molecular complexity index is 872. The van der Waals surface area contributed by atoms with E-state index >= 15 is 0 Å². The zero-order valence-corrected chi connectivity index (χ0v) is 14.9. The van der Waals surface area contributed by atoms with Crippen molar-refractivity contribution in [1.82, 2.24) is 4.90 Å². The van der Waals surface area contributed by atoms with Crippen molar-refractivity contribution < 1.29 is 19.1 Å². The predicted octanol–water partition coefficient (Wildman–Crippen LogP) is 2.92. The molecule has 134 valence electrons. The Kier molecular flexibility index (Phi) is 4.93. The lowest BCUT2D eigenvalue weighted by Gasteiger charge is -2.10. The molecule has 2 aromatic rings. The highest BCUT2D eigenvalue weighted by molar-refractivity contribution is 6.36. The largest absolute Gasteiger partial charge is 0.497 e. The van der Waals surface area contributed by atoms with Crippen LogP contribution in [0.1, 0.15) is 12.5 Å². The monoisotopic (exact) mass is 352 g/mol. The van der Waals surface area contributed by atoms with Crippen LogP contribution in [0, 0.1) is 0 Å². The summed E-state index contributed by atoms with van der Waals surface area (Å²) in [5, 5.41) is 3.07. The molecular weight excluding hydrogens is 332 g/mol. The minimum Gasteiger partial charge on any atom is -0.497 e. The van der Waals surface area contributed by atoms with Gasteiger partial charge in [0.2, 0.25) is 0 Å². The fourth-order valence-electron chi connectivity index (χ4n) is 2.75. The molecule has 0 radical (unpaired) electrons. The highest BCUT2D eigenvalue weighted by Crippen LogP contribution is 2.31. The summed E-state index contributed by atoms with van der Waals surface area (Å²) in [5.41, 5.74) is 1.90. The van der Waals surface area contributed by atoms with Gasteiger partial charge in [-0.25, -0.2) is 0 Å². The van der Waals surface area contributed by atoms with Gasteiger partial charge in [0, 0.05) is 18.8 Å². The number of carbonyl (C=O) groups excluding carboxylic acids is 2. The average Bonchev–Trinajstić information content (AvgIpc) is 2.87. The van der Waals surface area contributed by atoms with E-state index in [9.17, 15) is 9.59 Å². The number of hydrogen-bond acceptors (Lipinski definition) is 5. The minimum absolute atomic E-state index is 0.245. The highest BCUT2D eigenvalue weighted by atomic mass is 16.5. The Morgan fingerprint density at radius 3 is 2.38 bits per heavy atom. The summed E-state index contributed by atoms with van der Waals surface area (Å²) >= 11 is 0. The number of nitrogens with one attached hydrogen (secondary N) is 1. The second-order valence-corrected chi connectivity index (χ2v) is 5.73. The normalized spacial score (nSPS) is 14.0. The smallest absolute Gasteiger partial charge is 0.277 e. The summed E-state index contributed by atoms with van der Waals surface area (Å²) in [6.45, 7) is 2.46. The van der Waals surface area contributed by atoms with Gasteiger partial charge < -0.3 is 14.8 Å². The van der Waals surface area contributed by atoms with E-state index in [1.807, 2.05) is 13.0 Å². The number of carbonyl (C=O) groups is 2. The van der Waals surface area contributed by atoms with E-state index in [0.717, 1.165) is 4.90 Å². The molecule has 0 aromatic heterocycles. The van der Waals surface area contributed by atoms with Crippen LogP contribution in [0.2, 0.25) is 0 Å². The van der Waals surface area contributed by atoms with Crippen LogP contribution in [0.25, 0.3) is 5.57 Å². The second kappa shape index (κ2) is 7.31. The minimum atomic E-state index is -0.373. The molecule has 0 unspecified atom stereocenters. The summed E-state index contributed by atoms with van der Waals surface area (Å²) in [4.78, 5) is 26.3. The van der Waals surface area contributed by atoms with Gasteiger partial charge in [0.1, 0.15) is 17.2 Å². The Morgan fingerprint density at radius 2 is 1.73 bits per heavy atom. The zero-order valence-electron chi connectivity index (χ0n) is 14.9. The lowest BCUT2D eigenvalue weighted by atomic mass is 10.0. The van der Waals surface area contributed by atoms with Gasteiger partial charge in [-0.2, -0.15) is 0 Å². The maximum Gasteiger partial charge on any atom is 0.277 e. The van der Waals surface area contributed by atoms with E-state index in [4.69, 9.17) is 9.47 Å². The molecule has 0 atom stereocenters. The first-order chi connectivity index (χ1) is 12.5. The Hall–Kier alpha value is -3.28. The molecular formula is C20H20N2O4. The number of benzene rings is 2. The average molecular weight is 352 g/mol. The first kappa shape index (κ1) is 17.5. The molecule has 0 saturated heterocycles. The summed E-state index contributed by atoms with van der Waals surface area (Å²) in [7, 11) is 3.04. The van der Waals surface area contributed by atoms with Gasteiger partial charge >= 0.3 is 0 Å². The van der Waals surface area contributed by atoms with Crippen molar-refractivity contribution in [3.8, 4) is 11.5 Å². The fourth-order valence-corrected chi connectivity index (χ4v) is 2.75. The molecule has 2 amide bonds. The van der Waals surface area contributed by atoms with E-state index in [0.29, 0.717) is 34.9 Å². The van der Waals surface area contributed by atoms with Crippen LogP contribution < -0.4 is 14.8 Å². The van der Waals surface area contributed by atoms with Crippen LogP contribution in [0.5, 0.6) is 11.5 Å². The number of amides is 2. The van der Waals surface area contributed by atoms with Crippen molar-refractivity contribution >= 4 is 23.1 Å². The third kappa shape index (κ3) is 3.26. The third-order valence-electron chi connectivity index (χ3n) is 4.08. The standard InChI is InChI=1S/C20H20N2O4/c1-4-26-15-10-8-13(9-11-15)17-18(20(24)22(2)19(17)23)21-14-6-5-7-16(12-14)25-3/h5-12,21H,4H2,1-3H3. The van der Waals surface area contributed by atoms with Crippen molar-refractivity contribution in [3.63, 3.8) is 0 Å². The van der Waals surface area contributed by atoms with Crippen LogP contribution in [-0.4, -0.2) is 37.5 Å². The van der Waals surface area contributed by atoms with Crippen LogP contribution in [0.15, 0.2) is 54.2 Å². The predicted molar refractivity (Wildman–Crippen MR) is 98.9 cm³/mol. The Morgan fingerprint density at radius 1 is 1.00 bits per heavy atom. The molecule has 0 fully saturated rings. The van der Waals surface area contributed by atoms with Crippen LogP contribution in [0.4, 0.5) is 5.69 Å². The maximum absolute atomic E-state index is 12.6. The van der Waals surface area contributed by atoms with E-state index in [1.165, 1.54) is 7.05 Å². The van der Waals surface area contributed by atoms with E-state index in [2.05, 4.69) is 5.32 Å². The molecule has 1 N–H and O–H groups in total. The molecule has 1 aliphatic rings. The van der Waals surface area contributed by atoms with Gasteiger partial charge in [-0.3, -0.25) is 14.5 Å².